The zero-order chi connectivity index (χ0) is 34.9. The zero-order valence-corrected chi connectivity index (χ0v) is 28.7. The molecule has 0 spiro atoms. The maximum atomic E-state index is 5.23. The summed E-state index contributed by atoms with van der Waals surface area (Å²) in [5.74, 6) is 0.718. The molecule has 0 radical (unpaired) electrons. The van der Waals surface area contributed by atoms with Gasteiger partial charge in [-0.1, -0.05) is 164 Å². The Labute approximate surface area is 306 Å². The average molecular weight is 674 g/mol. The number of hydrogen-bond acceptors (Lipinski definition) is 2. The van der Waals surface area contributed by atoms with Gasteiger partial charge in [-0.15, -0.1) is 0 Å². The Morgan fingerprint density at radius 3 is 1.72 bits per heavy atom. The van der Waals surface area contributed by atoms with Crippen LogP contribution in [0.4, 0.5) is 0 Å². The molecule has 9 aromatic carbocycles. The first-order valence-corrected chi connectivity index (χ1v) is 18.1. The maximum Gasteiger partial charge on any atom is 0.161 e. The second-order valence-corrected chi connectivity index (χ2v) is 13.7. The van der Waals surface area contributed by atoms with Crippen molar-refractivity contribution >= 4 is 64.9 Å². The molecule has 246 valence electrons. The number of fused-ring (bicyclic) bond motifs is 11. The smallest absolute Gasteiger partial charge is 0.161 e. The van der Waals surface area contributed by atoms with E-state index < -0.39 is 0 Å². The van der Waals surface area contributed by atoms with E-state index in [0.29, 0.717) is 0 Å². The van der Waals surface area contributed by atoms with Gasteiger partial charge < -0.3 is 4.57 Å². The summed E-state index contributed by atoms with van der Waals surface area (Å²) in [5, 5.41) is 12.5. The summed E-state index contributed by atoms with van der Waals surface area (Å²) in [6.07, 6.45) is 0. The summed E-state index contributed by atoms with van der Waals surface area (Å²) in [5.41, 5.74) is 8.43. The third-order valence-corrected chi connectivity index (χ3v) is 10.8. The summed E-state index contributed by atoms with van der Waals surface area (Å²) < 4.78 is 2.45. The topological polar surface area (TPSA) is 30.7 Å². The van der Waals surface area contributed by atoms with E-state index in [0.717, 1.165) is 45.0 Å². The highest BCUT2D eigenvalue weighted by Gasteiger charge is 2.20. The fourth-order valence-electron chi connectivity index (χ4n) is 8.38. The molecule has 0 atom stereocenters. The van der Waals surface area contributed by atoms with E-state index in [2.05, 4.69) is 187 Å². The Kier molecular flexibility index (Phi) is 6.55. The van der Waals surface area contributed by atoms with Crippen LogP contribution in [0.15, 0.2) is 188 Å². The van der Waals surface area contributed by atoms with Crippen molar-refractivity contribution in [2.24, 2.45) is 0 Å². The van der Waals surface area contributed by atoms with Crippen LogP contribution >= 0.6 is 0 Å². The quantitative estimate of drug-likeness (QED) is 0.174. The van der Waals surface area contributed by atoms with Gasteiger partial charge in [0, 0.05) is 43.9 Å². The van der Waals surface area contributed by atoms with Gasteiger partial charge >= 0.3 is 0 Å². The summed E-state index contributed by atoms with van der Waals surface area (Å²) in [4.78, 5) is 10.4. The highest BCUT2D eigenvalue weighted by atomic mass is 15.0. The van der Waals surface area contributed by atoms with Crippen molar-refractivity contribution in [1.82, 2.24) is 14.5 Å². The Morgan fingerprint density at radius 2 is 0.943 bits per heavy atom. The lowest BCUT2D eigenvalue weighted by molar-refractivity contribution is 1.17. The third kappa shape index (κ3) is 4.61. The minimum absolute atomic E-state index is 0.718. The number of benzene rings is 9. The summed E-state index contributed by atoms with van der Waals surface area (Å²) >= 11 is 0. The molecule has 2 heterocycles. The standard InChI is InChI=1S/C50H31N3/c1-2-15-34(16-3-1)44-31-45(52-50(51-44)42-23-12-17-32-13-4-6-18-37(32)42)35-25-28-36(29-26-35)53-46-24-11-10-22-43(46)48-47-38-19-7-5-14-33(38)27-30-40(47)39-20-8-9-21-41(39)49(48)53/h1-31H. The molecule has 0 amide bonds. The summed E-state index contributed by atoms with van der Waals surface area (Å²) in [7, 11) is 0. The first-order chi connectivity index (χ1) is 26.3. The molecule has 0 aliphatic rings. The SMILES string of the molecule is c1ccc(-c2cc(-c3ccc(-n4c5ccccc5c5c6c7ccccc7ccc6c6ccccc6c54)cc3)nc(-c3cccc4ccccc34)n2)cc1. The number of hydrogen-bond donors (Lipinski definition) is 0. The van der Waals surface area contributed by atoms with E-state index in [4.69, 9.17) is 9.97 Å². The predicted molar refractivity (Wildman–Crippen MR) is 223 cm³/mol. The Bertz CT molecular complexity index is 3210. The van der Waals surface area contributed by atoms with Crippen LogP contribution in [0.1, 0.15) is 0 Å². The molecule has 0 saturated carbocycles. The van der Waals surface area contributed by atoms with Gasteiger partial charge in [0.25, 0.3) is 0 Å². The number of nitrogens with zero attached hydrogens (tertiary/aromatic N) is 3. The molecule has 11 rings (SSSR count). The fraction of sp³-hybridized carbons (Fsp3) is 0. The zero-order valence-electron chi connectivity index (χ0n) is 28.7. The lowest BCUT2D eigenvalue weighted by atomic mass is 9.93. The molecule has 3 nitrogen and oxygen atoms in total. The largest absolute Gasteiger partial charge is 0.309 e. The summed E-state index contributed by atoms with van der Waals surface area (Å²) in [6, 6.07) is 67.2. The van der Waals surface area contributed by atoms with Crippen molar-refractivity contribution in [2.45, 2.75) is 0 Å². The van der Waals surface area contributed by atoms with Gasteiger partial charge in [0.05, 0.1) is 22.4 Å². The lowest BCUT2D eigenvalue weighted by Gasteiger charge is -2.14. The van der Waals surface area contributed by atoms with Crippen LogP contribution in [-0.2, 0) is 0 Å². The van der Waals surface area contributed by atoms with E-state index in [1.165, 1.54) is 59.5 Å². The third-order valence-electron chi connectivity index (χ3n) is 10.8. The van der Waals surface area contributed by atoms with E-state index in [1.807, 2.05) is 6.07 Å². The molecule has 0 aliphatic carbocycles. The predicted octanol–water partition coefficient (Wildman–Crippen LogP) is 13.2. The van der Waals surface area contributed by atoms with Crippen LogP contribution in [0.3, 0.4) is 0 Å². The Hall–Kier alpha value is -7.10. The van der Waals surface area contributed by atoms with Crippen molar-refractivity contribution in [2.75, 3.05) is 0 Å². The first kappa shape index (κ1) is 29.6. The van der Waals surface area contributed by atoms with Crippen LogP contribution in [0.25, 0.3) is 104 Å². The maximum absolute atomic E-state index is 5.23. The molecular formula is C50H31N3. The van der Waals surface area contributed by atoms with Gasteiger partial charge in [0.1, 0.15) is 0 Å². The molecule has 0 fully saturated rings. The van der Waals surface area contributed by atoms with E-state index >= 15 is 0 Å². The number of para-hydroxylation sites is 1. The van der Waals surface area contributed by atoms with Crippen molar-refractivity contribution in [3.05, 3.63) is 188 Å². The van der Waals surface area contributed by atoms with Crippen molar-refractivity contribution < 1.29 is 0 Å². The van der Waals surface area contributed by atoms with Gasteiger partial charge in [-0.3, -0.25) is 0 Å². The molecule has 3 heteroatoms. The second-order valence-electron chi connectivity index (χ2n) is 13.7. The van der Waals surface area contributed by atoms with Crippen molar-refractivity contribution in [1.29, 1.82) is 0 Å². The molecule has 0 bridgehead atoms. The van der Waals surface area contributed by atoms with Gasteiger partial charge in [-0.05, 0) is 56.6 Å². The normalized spacial score (nSPS) is 11.8. The van der Waals surface area contributed by atoms with Crippen molar-refractivity contribution in [3.8, 4) is 39.6 Å². The lowest BCUT2D eigenvalue weighted by Crippen LogP contribution is -1.98. The van der Waals surface area contributed by atoms with Gasteiger partial charge in [0.2, 0.25) is 0 Å². The van der Waals surface area contributed by atoms with Crippen LogP contribution in [0.2, 0.25) is 0 Å². The van der Waals surface area contributed by atoms with Gasteiger partial charge in [-0.25, -0.2) is 9.97 Å². The first-order valence-electron chi connectivity index (χ1n) is 18.1. The minimum atomic E-state index is 0.718. The van der Waals surface area contributed by atoms with Crippen molar-refractivity contribution in [3.63, 3.8) is 0 Å². The van der Waals surface area contributed by atoms with E-state index in [-0.39, 0.29) is 0 Å². The second kappa shape index (κ2) is 11.7. The number of rotatable bonds is 4. The van der Waals surface area contributed by atoms with Crippen LogP contribution < -0.4 is 0 Å². The Balaban J connectivity index is 1.15. The molecule has 11 aromatic rings. The molecular weight excluding hydrogens is 643 g/mol. The highest BCUT2D eigenvalue weighted by Crippen LogP contribution is 2.45. The Morgan fingerprint density at radius 1 is 0.358 bits per heavy atom. The number of aromatic nitrogens is 3. The van der Waals surface area contributed by atoms with Gasteiger partial charge in [-0.2, -0.15) is 0 Å². The fourth-order valence-corrected chi connectivity index (χ4v) is 8.38. The van der Waals surface area contributed by atoms with Gasteiger partial charge in [0.15, 0.2) is 5.82 Å². The molecule has 0 aliphatic heterocycles. The monoisotopic (exact) mass is 673 g/mol. The molecule has 53 heavy (non-hydrogen) atoms. The minimum Gasteiger partial charge on any atom is -0.309 e. The molecule has 0 unspecified atom stereocenters. The van der Waals surface area contributed by atoms with Crippen LogP contribution in [0.5, 0.6) is 0 Å². The highest BCUT2D eigenvalue weighted by molar-refractivity contribution is 6.36. The molecule has 0 saturated heterocycles. The molecule has 0 N–H and O–H groups in total. The van der Waals surface area contributed by atoms with Crippen LogP contribution in [-0.4, -0.2) is 14.5 Å². The van der Waals surface area contributed by atoms with E-state index in [1.54, 1.807) is 0 Å². The van der Waals surface area contributed by atoms with E-state index in [9.17, 15) is 0 Å². The summed E-state index contributed by atoms with van der Waals surface area (Å²) in [6.45, 7) is 0. The molecule has 2 aromatic heterocycles. The average Bonchev–Trinajstić information content (AvgIpc) is 3.59. The van der Waals surface area contributed by atoms with Crippen LogP contribution in [0, 0.1) is 0 Å².